The molecule has 0 unspecified atom stereocenters. The highest BCUT2D eigenvalue weighted by molar-refractivity contribution is 7.18. The number of aryl methyl sites for hydroxylation is 2. The van der Waals surface area contributed by atoms with Crippen LogP contribution in [-0.4, -0.2) is 16.6 Å². The van der Waals surface area contributed by atoms with Gasteiger partial charge in [0.25, 0.3) is 5.56 Å². The summed E-state index contributed by atoms with van der Waals surface area (Å²) in [4.78, 5) is 21.4. The van der Waals surface area contributed by atoms with E-state index in [0.717, 1.165) is 41.0 Å². The monoisotopic (exact) mass is 393 g/mol. The first-order chi connectivity index (χ1) is 13.5. The van der Waals surface area contributed by atoms with Gasteiger partial charge in [-0.1, -0.05) is 31.9 Å². The number of H-pyrrole nitrogens is 1. The number of aromatic amines is 1. The van der Waals surface area contributed by atoms with Crippen LogP contribution in [0.4, 0.5) is 0 Å². The van der Waals surface area contributed by atoms with Gasteiger partial charge >= 0.3 is 0 Å². The Morgan fingerprint density at radius 3 is 2.71 bits per heavy atom. The van der Waals surface area contributed by atoms with Crippen LogP contribution in [0.1, 0.15) is 48.0 Å². The van der Waals surface area contributed by atoms with Gasteiger partial charge in [0.15, 0.2) is 5.82 Å². The molecule has 1 aromatic carbocycles. The summed E-state index contributed by atoms with van der Waals surface area (Å²) in [5, 5.41) is 10.2. The summed E-state index contributed by atoms with van der Waals surface area (Å²) >= 11 is 1.47. The van der Waals surface area contributed by atoms with E-state index in [1.54, 1.807) is 6.08 Å². The number of allylic oxidation sites excluding steroid dienone is 1. The van der Waals surface area contributed by atoms with Crippen molar-refractivity contribution in [3.63, 3.8) is 0 Å². The van der Waals surface area contributed by atoms with Gasteiger partial charge in [-0.05, 0) is 49.6 Å². The van der Waals surface area contributed by atoms with Gasteiger partial charge in [0.1, 0.15) is 16.6 Å². The molecule has 0 atom stereocenters. The van der Waals surface area contributed by atoms with E-state index >= 15 is 0 Å². The summed E-state index contributed by atoms with van der Waals surface area (Å²) in [5.74, 6) is 1.10. The fourth-order valence-electron chi connectivity index (χ4n) is 2.90. The number of ether oxygens (including phenoxy) is 1. The van der Waals surface area contributed by atoms with Crippen LogP contribution in [0.25, 0.3) is 21.9 Å². The summed E-state index contributed by atoms with van der Waals surface area (Å²) in [5.41, 5.74) is 1.90. The normalized spacial score (nSPS) is 11.6. The number of nitrogens with one attached hydrogen (secondary N) is 1. The number of benzene rings is 1. The minimum absolute atomic E-state index is 0.209. The first-order valence-electron chi connectivity index (χ1n) is 9.38. The predicted octanol–water partition coefficient (Wildman–Crippen LogP) is 5.23. The Morgan fingerprint density at radius 1 is 1.29 bits per heavy atom. The first-order valence-corrected chi connectivity index (χ1v) is 10.2. The van der Waals surface area contributed by atoms with E-state index in [-0.39, 0.29) is 5.56 Å². The molecule has 28 heavy (non-hydrogen) atoms. The largest absolute Gasteiger partial charge is 0.494 e. The summed E-state index contributed by atoms with van der Waals surface area (Å²) in [6, 6.07) is 9.70. The average molecular weight is 394 g/mol. The minimum atomic E-state index is -0.209. The van der Waals surface area contributed by atoms with Crippen LogP contribution in [0.2, 0.25) is 0 Å². The molecule has 0 aliphatic rings. The third-order valence-corrected chi connectivity index (χ3v) is 5.72. The lowest BCUT2D eigenvalue weighted by Crippen LogP contribution is -2.10. The third kappa shape index (κ3) is 4.32. The fraction of sp³-hybridized carbons (Fsp3) is 0.318. The lowest BCUT2D eigenvalue weighted by atomic mass is 10.1. The molecule has 144 valence electrons. The van der Waals surface area contributed by atoms with Gasteiger partial charge in [0.05, 0.1) is 17.6 Å². The average Bonchev–Trinajstić information content (AvgIpc) is 2.98. The van der Waals surface area contributed by atoms with Crippen molar-refractivity contribution in [1.29, 1.82) is 5.26 Å². The van der Waals surface area contributed by atoms with E-state index in [9.17, 15) is 10.1 Å². The molecule has 0 saturated carbocycles. The van der Waals surface area contributed by atoms with Crippen molar-refractivity contribution in [2.75, 3.05) is 6.61 Å². The van der Waals surface area contributed by atoms with Crippen molar-refractivity contribution in [3.05, 3.63) is 56.4 Å². The van der Waals surface area contributed by atoms with E-state index in [2.05, 4.69) is 23.0 Å². The highest BCUT2D eigenvalue weighted by Crippen LogP contribution is 2.27. The number of hydrogen-bond donors (Lipinski definition) is 1. The maximum Gasteiger partial charge on any atom is 0.260 e. The number of unbranched alkanes of at least 4 members (excludes halogenated alkanes) is 2. The second-order valence-corrected chi connectivity index (χ2v) is 7.88. The first kappa shape index (κ1) is 19.8. The van der Waals surface area contributed by atoms with E-state index in [4.69, 9.17) is 4.74 Å². The Balaban J connectivity index is 1.85. The zero-order valence-corrected chi connectivity index (χ0v) is 17.2. The number of rotatable bonds is 7. The van der Waals surface area contributed by atoms with E-state index in [1.807, 2.05) is 38.1 Å². The van der Waals surface area contributed by atoms with Crippen LogP contribution in [0.5, 0.6) is 5.75 Å². The maximum atomic E-state index is 12.5. The molecule has 2 aromatic heterocycles. The molecule has 0 saturated heterocycles. The number of nitriles is 1. The highest BCUT2D eigenvalue weighted by Gasteiger charge is 2.14. The molecule has 0 amide bonds. The Kier molecular flexibility index (Phi) is 6.27. The van der Waals surface area contributed by atoms with Gasteiger partial charge in [-0.15, -0.1) is 11.3 Å². The third-order valence-electron chi connectivity index (χ3n) is 4.62. The van der Waals surface area contributed by atoms with Crippen LogP contribution in [0.3, 0.4) is 0 Å². The molecular weight excluding hydrogens is 370 g/mol. The van der Waals surface area contributed by atoms with Crippen LogP contribution in [0, 0.1) is 25.2 Å². The van der Waals surface area contributed by atoms with E-state index in [0.29, 0.717) is 28.2 Å². The maximum absolute atomic E-state index is 12.5. The lowest BCUT2D eigenvalue weighted by Gasteiger charge is -2.06. The van der Waals surface area contributed by atoms with Crippen molar-refractivity contribution in [2.24, 2.45) is 0 Å². The summed E-state index contributed by atoms with van der Waals surface area (Å²) in [6.07, 6.45) is 5.08. The Bertz CT molecular complexity index is 1100. The Labute approximate surface area is 168 Å². The molecule has 6 heteroatoms. The molecule has 0 spiro atoms. The van der Waals surface area contributed by atoms with Crippen LogP contribution in [0.15, 0.2) is 29.1 Å². The zero-order valence-electron chi connectivity index (χ0n) is 16.3. The number of nitrogens with zero attached hydrogens (tertiary/aromatic N) is 2. The van der Waals surface area contributed by atoms with Gasteiger partial charge in [0, 0.05) is 4.88 Å². The highest BCUT2D eigenvalue weighted by atomic mass is 32.1. The number of aromatic nitrogens is 2. The molecule has 0 radical (unpaired) electrons. The molecule has 5 nitrogen and oxygen atoms in total. The standard InChI is InChI=1S/C22H23N3O2S/c1-4-5-6-11-27-18-9-7-16(8-10-18)12-17(13-23)20-24-21(26)19-14(2)15(3)28-22(19)25-20/h7-10,12H,4-6,11H2,1-3H3,(H,24,25,26)/b17-12+. The summed E-state index contributed by atoms with van der Waals surface area (Å²) < 4.78 is 5.71. The van der Waals surface area contributed by atoms with Gasteiger partial charge in [-0.2, -0.15) is 5.26 Å². The topological polar surface area (TPSA) is 78.8 Å². The van der Waals surface area contributed by atoms with Crippen LogP contribution < -0.4 is 10.3 Å². The molecule has 1 N–H and O–H groups in total. The van der Waals surface area contributed by atoms with E-state index in [1.165, 1.54) is 11.3 Å². The molecule has 0 aliphatic carbocycles. The van der Waals surface area contributed by atoms with Crippen molar-refractivity contribution < 1.29 is 4.74 Å². The molecule has 0 fully saturated rings. The van der Waals surface area contributed by atoms with Gasteiger partial charge in [0.2, 0.25) is 0 Å². The molecule has 3 aromatic rings. The zero-order chi connectivity index (χ0) is 20.1. The minimum Gasteiger partial charge on any atom is -0.494 e. The van der Waals surface area contributed by atoms with Gasteiger partial charge in [-0.3, -0.25) is 4.79 Å². The van der Waals surface area contributed by atoms with Crippen LogP contribution in [-0.2, 0) is 0 Å². The molecule has 2 heterocycles. The second kappa shape index (κ2) is 8.85. The number of hydrogen-bond acceptors (Lipinski definition) is 5. The Morgan fingerprint density at radius 2 is 2.04 bits per heavy atom. The molecule has 0 bridgehead atoms. The Hall–Kier alpha value is -2.91. The predicted molar refractivity (Wildman–Crippen MR) is 115 cm³/mol. The SMILES string of the molecule is CCCCCOc1ccc(/C=C(\C#N)c2nc3sc(C)c(C)c3c(=O)[nH]2)cc1. The van der Waals surface area contributed by atoms with Gasteiger partial charge in [-0.25, -0.2) is 4.98 Å². The van der Waals surface area contributed by atoms with Gasteiger partial charge < -0.3 is 9.72 Å². The summed E-state index contributed by atoms with van der Waals surface area (Å²) in [7, 11) is 0. The molecule has 0 aliphatic heterocycles. The smallest absolute Gasteiger partial charge is 0.260 e. The summed E-state index contributed by atoms with van der Waals surface area (Å²) in [6.45, 7) is 6.75. The van der Waals surface area contributed by atoms with E-state index < -0.39 is 0 Å². The molecule has 3 rings (SSSR count). The lowest BCUT2D eigenvalue weighted by molar-refractivity contribution is 0.306. The van der Waals surface area contributed by atoms with Crippen molar-refractivity contribution >= 4 is 33.2 Å². The second-order valence-electron chi connectivity index (χ2n) is 6.67. The number of thiophene rings is 1. The van der Waals surface area contributed by atoms with Crippen molar-refractivity contribution in [1.82, 2.24) is 9.97 Å². The van der Waals surface area contributed by atoms with Crippen molar-refractivity contribution in [3.8, 4) is 11.8 Å². The van der Waals surface area contributed by atoms with Crippen molar-refractivity contribution in [2.45, 2.75) is 40.0 Å². The van der Waals surface area contributed by atoms with Crippen LogP contribution >= 0.6 is 11.3 Å². The fourth-order valence-corrected chi connectivity index (χ4v) is 3.93. The molecular formula is C22H23N3O2S. The number of fused-ring (bicyclic) bond motifs is 1. The quantitative estimate of drug-likeness (QED) is 0.440.